The first-order chi connectivity index (χ1) is 13.8. The van der Waals surface area contributed by atoms with Gasteiger partial charge in [0.05, 0.1) is 28.9 Å². The Morgan fingerprint density at radius 1 is 1.28 bits per heavy atom. The standard InChI is InChI=1S/C21H21Cl2N3O3/c1-10(2)29-16-8-15(22)13-5-7-26(21(28)17(13)18(16)23)9-14-12-4-6-24-19(12)11(3)25-20(14)27/h6,8,10H,4-5,7,9H2,1-3H3,(H,25,27). The summed E-state index contributed by atoms with van der Waals surface area (Å²) in [7, 11) is 0. The summed E-state index contributed by atoms with van der Waals surface area (Å²) in [6.45, 7) is 6.24. The third kappa shape index (κ3) is 3.45. The third-order valence-electron chi connectivity index (χ3n) is 5.22. The summed E-state index contributed by atoms with van der Waals surface area (Å²) >= 11 is 12.9. The summed E-state index contributed by atoms with van der Waals surface area (Å²) in [6, 6.07) is 1.67. The predicted molar refractivity (Wildman–Crippen MR) is 114 cm³/mol. The molecule has 0 bridgehead atoms. The summed E-state index contributed by atoms with van der Waals surface area (Å²) in [5.41, 5.74) is 3.87. The van der Waals surface area contributed by atoms with Crippen LogP contribution in [-0.4, -0.2) is 34.7 Å². The summed E-state index contributed by atoms with van der Waals surface area (Å²) in [6.07, 6.45) is 2.83. The molecule has 0 unspecified atom stereocenters. The zero-order chi connectivity index (χ0) is 20.9. The van der Waals surface area contributed by atoms with Crippen LogP contribution in [0, 0.1) is 6.92 Å². The van der Waals surface area contributed by atoms with Gasteiger partial charge in [-0.2, -0.15) is 0 Å². The van der Waals surface area contributed by atoms with E-state index in [0.29, 0.717) is 41.3 Å². The minimum absolute atomic E-state index is 0.106. The molecule has 0 atom stereocenters. The number of carbonyl (C=O) groups is 1. The van der Waals surface area contributed by atoms with E-state index in [1.807, 2.05) is 20.8 Å². The Morgan fingerprint density at radius 3 is 2.76 bits per heavy atom. The van der Waals surface area contributed by atoms with Gasteiger partial charge in [0, 0.05) is 41.5 Å². The monoisotopic (exact) mass is 433 g/mol. The highest BCUT2D eigenvalue weighted by molar-refractivity contribution is 6.38. The quantitative estimate of drug-likeness (QED) is 0.783. The van der Waals surface area contributed by atoms with Crippen LogP contribution in [0.1, 0.15) is 46.6 Å². The van der Waals surface area contributed by atoms with E-state index < -0.39 is 0 Å². The van der Waals surface area contributed by atoms with E-state index in [0.717, 1.165) is 22.5 Å². The fraction of sp³-hybridized carbons (Fsp3) is 0.381. The zero-order valence-corrected chi connectivity index (χ0v) is 17.9. The molecule has 4 rings (SSSR count). The first-order valence-corrected chi connectivity index (χ1v) is 10.3. The molecule has 152 valence electrons. The van der Waals surface area contributed by atoms with Gasteiger partial charge in [0.25, 0.3) is 11.5 Å². The predicted octanol–water partition coefficient (Wildman–Crippen LogP) is 4.23. The molecule has 2 aliphatic heterocycles. The molecule has 1 aromatic heterocycles. The van der Waals surface area contributed by atoms with Crippen LogP contribution in [0.5, 0.6) is 5.75 Å². The lowest BCUT2D eigenvalue weighted by Crippen LogP contribution is -2.39. The van der Waals surface area contributed by atoms with E-state index in [4.69, 9.17) is 27.9 Å². The van der Waals surface area contributed by atoms with Crippen LogP contribution in [0.25, 0.3) is 0 Å². The highest BCUT2D eigenvalue weighted by Gasteiger charge is 2.32. The lowest BCUT2D eigenvalue weighted by Gasteiger charge is -2.31. The SMILES string of the molecule is Cc1[nH]c(=O)c(CN2CCc3c(Cl)cc(OC(C)C)c(Cl)c3C2=O)c2c1N=CC2. The molecule has 0 radical (unpaired) electrons. The molecule has 3 heterocycles. The lowest BCUT2D eigenvalue weighted by molar-refractivity contribution is 0.0725. The number of rotatable bonds is 4. The fourth-order valence-corrected chi connectivity index (χ4v) is 4.48. The van der Waals surface area contributed by atoms with E-state index in [2.05, 4.69) is 9.98 Å². The van der Waals surface area contributed by atoms with Crippen molar-refractivity contribution in [1.29, 1.82) is 0 Å². The second-order valence-electron chi connectivity index (χ2n) is 7.57. The van der Waals surface area contributed by atoms with Crippen molar-refractivity contribution in [3.05, 3.63) is 54.4 Å². The number of benzene rings is 1. The van der Waals surface area contributed by atoms with Gasteiger partial charge in [0.2, 0.25) is 0 Å². The summed E-state index contributed by atoms with van der Waals surface area (Å²) in [4.78, 5) is 34.7. The van der Waals surface area contributed by atoms with Crippen molar-refractivity contribution in [1.82, 2.24) is 9.88 Å². The molecule has 2 aromatic rings. The third-order valence-corrected chi connectivity index (χ3v) is 5.94. The van der Waals surface area contributed by atoms with E-state index in [9.17, 15) is 9.59 Å². The summed E-state index contributed by atoms with van der Waals surface area (Å²) in [5.74, 6) is 0.142. The average Bonchev–Trinajstić information content (AvgIpc) is 3.14. The second kappa shape index (κ2) is 7.50. The van der Waals surface area contributed by atoms with Gasteiger partial charge in [-0.3, -0.25) is 14.6 Å². The maximum atomic E-state index is 13.3. The highest BCUT2D eigenvalue weighted by Crippen LogP contribution is 2.39. The van der Waals surface area contributed by atoms with Crippen molar-refractivity contribution in [3.63, 3.8) is 0 Å². The molecule has 1 N–H and O–H groups in total. The van der Waals surface area contributed by atoms with E-state index in [1.165, 1.54) is 0 Å². The van der Waals surface area contributed by atoms with Gasteiger partial charge in [-0.25, -0.2) is 0 Å². The van der Waals surface area contributed by atoms with Crippen molar-refractivity contribution < 1.29 is 9.53 Å². The molecule has 1 aromatic carbocycles. The number of carbonyl (C=O) groups excluding carboxylic acids is 1. The fourth-order valence-electron chi connectivity index (χ4n) is 3.90. The number of aromatic amines is 1. The van der Waals surface area contributed by atoms with Crippen molar-refractivity contribution >= 4 is 41.0 Å². The number of halogens is 2. The number of pyridine rings is 1. The largest absolute Gasteiger partial charge is 0.489 e. The molecule has 6 nitrogen and oxygen atoms in total. The van der Waals surface area contributed by atoms with E-state index in [-0.39, 0.29) is 29.1 Å². The van der Waals surface area contributed by atoms with Crippen LogP contribution in [0.2, 0.25) is 10.0 Å². The number of amides is 1. The van der Waals surface area contributed by atoms with Crippen LogP contribution < -0.4 is 10.3 Å². The molecule has 8 heteroatoms. The number of aromatic nitrogens is 1. The summed E-state index contributed by atoms with van der Waals surface area (Å²) in [5, 5.41) is 0.731. The molecule has 1 amide bonds. The number of aliphatic imine (C=N–C) groups is 1. The number of H-pyrrole nitrogens is 1. The first-order valence-electron chi connectivity index (χ1n) is 9.51. The Bertz CT molecular complexity index is 1110. The molecule has 0 aliphatic carbocycles. The second-order valence-corrected chi connectivity index (χ2v) is 8.35. The Balaban J connectivity index is 1.72. The summed E-state index contributed by atoms with van der Waals surface area (Å²) < 4.78 is 5.73. The first kappa shape index (κ1) is 20.0. The van der Waals surface area contributed by atoms with Crippen molar-refractivity contribution in [3.8, 4) is 5.75 Å². The van der Waals surface area contributed by atoms with Crippen LogP contribution in [0.4, 0.5) is 5.69 Å². The van der Waals surface area contributed by atoms with Gasteiger partial charge in [-0.05, 0) is 38.3 Å². The van der Waals surface area contributed by atoms with Gasteiger partial charge in [-0.15, -0.1) is 0 Å². The van der Waals surface area contributed by atoms with Crippen molar-refractivity contribution in [2.24, 2.45) is 4.99 Å². The molecule has 2 aliphatic rings. The topological polar surface area (TPSA) is 74.8 Å². The van der Waals surface area contributed by atoms with Crippen molar-refractivity contribution in [2.75, 3.05) is 6.54 Å². The minimum atomic E-state index is -0.250. The van der Waals surface area contributed by atoms with Gasteiger partial charge in [-0.1, -0.05) is 23.2 Å². The Kier molecular flexibility index (Phi) is 5.17. The molecule has 0 saturated carbocycles. The van der Waals surface area contributed by atoms with Crippen LogP contribution in [-0.2, 0) is 19.4 Å². The number of hydrogen-bond donors (Lipinski definition) is 1. The molecular weight excluding hydrogens is 413 g/mol. The van der Waals surface area contributed by atoms with Gasteiger partial charge < -0.3 is 14.6 Å². The van der Waals surface area contributed by atoms with Gasteiger partial charge in [0.15, 0.2) is 0 Å². The molecule has 0 saturated heterocycles. The number of hydrogen-bond acceptors (Lipinski definition) is 4. The molecule has 0 fully saturated rings. The number of nitrogens with zero attached hydrogens (tertiary/aromatic N) is 2. The van der Waals surface area contributed by atoms with Gasteiger partial charge in [0.1, 0.15) is 5.75 Å². The Hall–Kier alpha value is -2.31. The molecule has 29 heavy (non-hydrogen) atoms. The van der Waals surface area contributed by atoms with E-state index in [1.54, 1.807) is 17.2 Å². The molecule has 0 spiro atoms. The van der Waals surface area contributed by atoms with Crippen LogP contribution >= 0.6 is 23.2 Å². The molecular formula is C21H21Cl2N3O3. The maximum absolute atomic E-state index is 13.3. The zero-order valence-electron chi connectivity index (χ0n) is 16.4. The number of ether oxygens (including phenoxy) is 1. The Morgan fingerprint density at radius 2 is 2.03 bits per heavy atom. The maximum Gasteiger partial charge on any atom is 0.256 e. The van der Waals surface area contributed by atoms with Gasteiger partial charge >= 0.3 is 0 Å². The number of aryl methyl sites for hydroxylation is 1. The lowest BCUT2D eigenvalue weighted by atomic mass is 9.97. The highest BCUT2D eigenvalue weighted by atomic mass is 35.5. The van der Waals surface area contributed by atoms with Crippen molar-refractivity contribution in [2.45, 2.75) is 46.3 Å². The van der Waals surface area contributed by atoms with Crippen LogP contribution in [0.15, 0.2) is 15.9 Å². The van der Waals surface area contributed by atoms with E-state index >= 15 is 0 Å². The Labute approximate surface area is 178 Å². The minimum Gasteiger partial charge on any atom is -0.489 e. The normalized spacial score (nSPS) is 15.1. The number of nitrogens with one attached hydrogen (secondary N) is 1. The van der Waals surface area contributed by atoms with Crippen LogP contribution in [0.3, 0.4) is 0 Å². The smallest absolute Gasteiger partial charge is 0.256 e. The average molecular weight is 434 g/mol. The number of fused-ring (bicyclic) bond motifs is 2.